The summed E-state index contributed by atoms with van der Waals surface area (Å²) in [5.41, 5.74) is 1.77. The van der Waals surface area contributed by atoms with E-state index < -0.39 is 29.8 Å². The number of amides is 2. The number of fused-ring (bicyclic) bond motifs is 1. The smallest absolute Gasteiger partial charge is 0.328 e. The third-order valence-electron chi connectivity index (χ3n) is 7.28. The fraction of sp³-hybridized carbons (Fsp3) is 0.258. The highest BCUT2D eigenvalue weighted by Gasteiger charge is 2.41. The van der Waals surface area contributed by atoms with Crippen molar-refractivity contribution in [2.75, 3.05) is 34.8 Å². The Morgan fingerprint density at radius 1 is 0.825 bits per heavy atom. The molecule has 0 bridgehead atoms. The molecule has 0 unspecified atom stereocenters. The van der Waals surface area contributed by atoms with Crippen molar-refractivity contribution in [1.82, 2.24) is 0 Å². The van der Waals surface area contributed by atoms with Gasteiger partial charge in [-0.2, -0.15) is 0 Å². The van der Waals surface area contributed by atoms with E-state index in [1.165, 1.54) is 41.7 Å². The van der Waals surface area contributed by atoms with Gasteiger partial charge in [-0.15, -0.1) is 0 Å². The Hall–Kier alpha value is -4.53. The quantitative estimate of drug-likeness (QED) is 0.379. The van der Waals surface area contributed by atoms with Crippen molar-refractivity contribution in [2.45, 2.75) is 31.6 Å². The number of para-hydroxylation sites is 2. The van der Waals surface area contributed by atoms with Crippen LogP contribution >= 0.6 is 0 Å². The van der Waals surface area contributed by atoms with Crippen LogP contribution in [0.25, 0.3) is 5.57 Å². The van der Waals surface area contributed by atoms with E-state index in [2.05, 4.69) is 10.2 Å². The highest BCUT2D eigenvalue weighted by molar-refractivity contribution is 6.10. The molecule has 9 heteroatoms. The van der Waals surface area contributed by atoms with Crippen molar-refractivity contribution < 1.29 is 28.3 Å². The van der Waals surface area contributed by atoms with Gasteiger partial charge in [0.05, 0.1) is 11.3 Å². The topological polar surface area (TPSA) is 90.0 Å². The van der Waals surface area contributed by atoms with E-state index in [0.29, 0.717) is 17.3 Å². The summed E-state index contributed by atoms with van der Waals surface area (Å²) < 4.78 is 29.9. The summed E-state index contributed by atoms with van der Waals surface area (Å²) in [6.45, 7) is 1.51. The molecule has 3 aromatic carbocycles. The Labute approximate surface area is 230 Å². The van der Waals surface area contributed by atoms with Crippen LogP contribution in [0.1, 0.15) is 52.0 Å². The van der Waals surface area contributed by atoms with E-state index in [-0.39, 0.29) is 29.3 Å². The Bertz CT molecular complexity index is 1460. The monoisotopic (exact) mass is 545 g/mol. The molecule has 0 radical (unpaired) electrons. The molecule has 1 saturated heterocycles. The number of anilines is 3. The van der Waals surface area contributed by atoms with Crippen LogP contribution in [0.5, 0.6) is 0 Å². The first-order chi connectivity index (χ1) is 19.2. The van der Waals surface area contributed by atoms with Gasteiger partial charge in [0.1, 0.15) is 0 Å². The number of carboxylic acids is 1. The average molecular weight is 546 g/mol. The van der Waals surface area contributed by atoms with Crippen LogP contribution in [0.3, 0.4) is 0 Å². The van der Waals surface area contributed by atoms with Crippen LogP contribution in [0, 0.1) is 0 Å². The second kappa shape index (κ2) is 11.3. The van der Waals surface area contributed by atoms with E-state index in [1.807, 2.05) is 18.2 Å². The molecule has 0 aromatic heterocycles. The van der Waals surface area contributed by atoms with Crippen LogP contribution in [0.4, 0.5) is 25.8 Å². The fourth-order valence-electron chi connectivity index (χ4n) is 5.29. The lowest BCUT2D eigenvalue weighted by Crippen LogP contribution is -2.33. The van der Waals surface area contributed by atoms with Gasteiger partial charge in [-0.1, -0.05) is 30.3 Å². The Balaban J connectivity index is 1.36. The summed E-state index contributed by atoms with van der Waals surface area (Å²) in [4.78, 5) is 41.4. The first-order valence-corrected chi connectivity index (χ1v) is 13.2. The summed E-state index contributed by atoms with van der Waals surface area (Å²) in [6.07, 6.45) is 3.13. The van der Waals surface area contributed by atoms with Crippen molar-refractivity contribution in [1.29, 1.82) is 0 Å². The molecule has 2 aliphatic heterocycles. The van der Waals surface area contributed by atoms with Gasteiger partial charge < -0.3 is 20.2 Å². The van der Waals surface area contributed by atoms with Crippen LogP contribution in [-0.4, -0.2) is 48.4 Å². The van der Waals surface area contributed by atoms with Gasteiger partial charge in [0.15, 0.2) is 0 Å². The van der Waals surface area contributed by atoms with Crippen molar-refractivity contribution in [2.24, 2.45) is 0 Å². The lowest BCUT2D eigenvalue weighted by atomic mass is 9.97. The normalized spacial score (nSPS) is 17.6. The average Bonchev–Trinajstić information content (AvgIpc) is 3.07. The summed E-state index contributed by atoms with van der Waals surface area (Å²) in [7, 11) is 0. The third-order valence-corrected chi connectivity index (χ3v) is 7.28. The van der Waals surface area contributed by atoms with Crippen molar-refractivity contribution in [3.63, 3.8) is 0 Å². The lowest BCUT2D eigenvalue weighted by Gasteiger charge is -2.30. The molecule has 0 aliphatic carbocycles. The van der Waals surface area contributed by atoms with E-state index in [9.17, 15) is 28.3 Å². The predicted octanol–water partition coefficient (Wildman–Crippen LogP) is 6.08. The number of nitrogens with zero attached hydrogens (tertiary/aromatic N) is 2. The number of carbonyl (C=O) groups is 3. The predicted molar refractivity (Wildman–Crippen MR) is 150 cm³/mol. The summed E-state index contributed by atoms with van der Waals surface area (Å²) in [5.74, 6) is -5.68. The van der Waals surface area contributed by atoms with Crippen LogP contribution in [0.15, 0.2) is 78.9 Å². The number of hydrogen-bond acceptors (Lipinski definition) is 4. The molecule has 0 saturated carbocycles. The molecular weight excluding hydrogens is 516 g/mol. The number of carbonyl (C=O) groups excluding carboxylic acids is 2. The number of alkyl halides is 2. The Kier molecular flexibility index (Phi) is 7.64. The van der Waals surface area contributed by atoms with Gasteiger partial charge in [-0.05, 0) is 61.7 Å². The maximum absolute atomic E-state index is 15.0. The largest absolute Gasteiger partial charge is 0.478 e. The summed E-state index contributed by atoms with van der Waals surface area (Å²) in [5, 5.41) is 12.1. The molecule has 3 aromatic rings. The Morgan fingerprint density at radius 3 is 2.17 bits per heavy atom. The zero-order valence-corrected chi connectivity index (χ0v) is 21.8. The summed E-state index contributed by atoms with van der Waals surface area (Å²) in [6, 6.07) is 19.8. The number of hydrogen-bond donors (Lipinski definition) is 2. The second-order valence-corrected chi connectivity index (χ2v) is 9.92. The highest BCUT2D eigenvalue weighted by Crippen LogP contribution is 2.43. The van der Waals surface area contributed by atoms with Crippen LogP contribution in [-0.2, 0) is 4.79 Å². The maximum atomic E-state index is 15.0. The molecule has 40 heavy (non-hydrogen) atoms. The van der Waals surface area contributed by atoms with Crippen molar-refractivity contribution in [3.05, 3.63) is 95.6 Å². The molecule has 2 N–H and O–H groups in total. The molecule has 0 spiro atoms. The number of allylic oxidation sites excluding steroid dienone is 1. The van der Waals surface area contributed by atoms with E-state index >= 15 is 0 Å². The van der Waals surface area contributed by atoms with E-state index in [0.717, 1.165) is 31.6 Å². The zero-order chi connectivity index (χ0) is 28.3. The molecule has 2 heterocycles. The number of rotatable bonds is 5. The fourth-order valence-corrected chi connectivity index (χ4v) is 5.29. The van der Waals surface area contributed by atoms with Crippen molar-refractivity contribution in [3.8, 4) is 0 Å². The number of carboxylic acid groups (broad SMARTS) is 1. The zero-order valence-electron chi connectivity index (χ0n) is 21.8. The van der Waals surface area contributed by atoms with Gasteiger partial charge in [-0.3, -0.25) is 9.59 Å². The van der Waals surface area contributed by atoms with Gasteiger partial charge in [0.25, 0.3) is 17.7 Å². The first-order valence-electron chi connectivity index (χ1n) is 13.2. The standard InChI is InChI=1S/C31H29F2N3O4/c32-31(33)16-19-36(27-11-5-2-8-23(27)25(31)20-28(37)38)30(40)21-12-14-22(15-13-21)34-29(39)24-9-3-4-10-26(24)35-17-6-1-7-18-35/h2-5,8-15,20H,1,6-7,16-19H2,(H,34,39)(H,37,38)/b25-20-. The van der Waals surface area contributed by atoms with Gasteiger partial charge in [-0.25, -0.2) is 13.6 Å². The number of piperidine rings is 1. The minimum absolute atomic E-state index is 0.00277. The molecule has 1 fully saturated rings. The molecule has 2 amide bonds. The molecule has 2 aliphatic rings. The highest BCUT2D eigenvalue weighted by atomic mass is 19.3. The number of aliphatic carboxylic acids is 1. The van der Waals surface area contributed by atoms with E-state index in [4.69, 9.17) is 0 Å². The van der Waals surface area contributed by atoms with Crippen LogP contribution < -0.4 is 15.1 Å². The third kappa shape index (κ3) is 5.59. The van der Waals surface area contributed by atoms with Crippen LogP contribution in [0.2, 0.25) is 0 Å². The lowest BCUT2D eigenvalue weighted by molar-refractivity contribution is -0.131. The Morgan fingerprint density at radius 2 is 1.48 bits per heavy atom. The molecule has 5 rings (SSSR count). The molecular formula is C31H29F2N3O4. The first kappa shape index (κ1) is 27.1. The molecule has 0 atom stereocenters. The second-order valence-electron chi connectivity index (χ2n) is 9.92. The number of halogens is 2. The minimum Gasteiger partial charge on any atom is -0.478 e. The maximum Gasteiger partial charge on any atom is 0.328 e. The molecule has 206 valence electrons. The SMILES string of the molecule is O=C(O)/C=C1/c2ccccc2N(C(=O)c2ccc(NC(=O)c3ccccc3N3CCCCC3)cc2)CCC1(F)F. The molecule has 7 nitrogen and oxygen atoms in total. The number of nitrogens with one attached hydrogen (secondary N) is 1. The van der Waals surface area contributed by atoms with Gasteiger partial charge in [0.2, 0.25) is 0 Å². The minimum atomic E-state index is -3.43. The number of benzene rings is 3. The van der Waals surface area contributed by atoms with Crippen molar-refractivity contribution >= 4 is 40.4 Å². The van der Waals surface area contributed by atoms with Gasteiger partial charge >= 0.3 is 5.97 Å². The summed E-state index contributed by atoms with van der Waals surface area (Å²) >= 11 is 0. The van der Waals surface area contributed by atoms with Gasteiger partial charge in [0, 0.05) is 60.2 Å². The van der Waals surface area contributed by atoms with E-state index in [1.54, 1.807) is 24.3 Å².